The van der Waals surface area contributed by atoms with Crippen molar-refractivity contribution in [3.05, 3.63) is 11.3 Å². The van der Waals surface area contributed by atoms with Crippen LogP contribution >= 0.6 is 0 Å². The van der Waals surface area contributed by atoms with Gasteiger partial charge in [-0.3, -0.25) is 4.79 Å². The monoisotopic (exact) mass is 334 g/mol. The predicted octanol–water partition coefficient (Wildman–Crippen LogP) is -1.76. The Bertz CT molecular complexity index is 625. The summed E-state index contributed by atoms with van der Waals surface area (Å²) in [4.78, 5) is 28.6. The third kappa shape index (κ3) is 2.86. The van der Waals surface area contributed by atoms with Gasteiger partial charge in [0.15, 0.2) is 9.84 Å². The number of hydrogen-bond donors (Lipinski definition) is 3. The van der Waals surface area contributed by atoms with Crippen LogP contribution in [0.15, 0.2) is 11.3 Å². The van der Waals surface area contributed by atoms with Crippen LogP contribution in [-0.4, -0.2) is 65.7 Å². The standard InChI is InChI=1S/C12H18N2O7S/c1-6(15)9-8-4-7(5-22(19,20)3-2-21-13)10(12(17)18)14(8)11(9)16/h6,8-9,15H,2-5,13H2,1H3,(H,17,18). The van der Waals surface area contributed by atoms with Gasteiger partial charge in [-0.2, -0.15) is 0 Å². The van der Waals surface area contributed by atoms with Gasteiger partial charge in [0.2, 0.25) is 5.91 Å². The quantitative estimate of drug-likeness (QED) is 0.366. The Kier molecular flexibility index (Phi) is 4.57. The van der Waals surface area contributed by atoms with Crippen molar-refractivity contribution in [3.8, 4) is 0 Å². The van der Waals surface area contributed by atoms with E-state index in [4.69, 9.17) is 5.90 Å². The van der Waals surface area contributed by atoms with Gasteiger partial charge in [-0.25, -0.2) is 19.1 Å². The normalized spacial score (nSPS) is 26.0. The number of amides is 1. The Hall–Kier alpha value is -1.49. The van der Waals surface area contributed by atoms with Gasteiger partial charge in [-0.15, -0.1) is 0 Å². The summed E-state index contributed by atoms with van der Waals surface area (Å²) in [5, 5.41) is 18.9. The minimum Gasteiger partial charge on any atom is -0.477 e. The van der Waals surface area contributed by atoms with E-state index in [1.807, 2.05) is 0 Å². The number of aliphatic carboxylic acids is 1. The van der Waals surface area contributed by atoms with E-state index in [-0.39, 0.29) is 30.1 Å². The van der Waals surface area contributed by atoms with Crippen molar-refractivity contribution in [1.29, 1.82) is 0 Å². The van der Waals surface area contributed by atoms with Crippen LogP contribution in [0, 0.1) is 5.92 Å². The number of carboxylic acid groups (broad SMARTS) is 1. The molecule has 0 saturated carbocycles. The van der Waals surface area contributed by atoms with E-state index >= 15 is 0 Å². The van der Waals surface area contributed by atoms with E-state index in [0.717, 1.165) is 4.90 Å². The van der Waals surface area contributed by atoms with Crippen molar-refractivity contribution in [3.63, 3.8) is 0 Å². The summed E-state index contributed by atoms with van der Waals surface area (Å²) in [6, 6.07) is -0.491. The topological polar surface area (TPSA) is 147 Å². The summed E-state index contributed by atoms with van der Waals surface area (Å²) in [5.74, 6) is 1.46. The number of aliphatic hydroxyl groups excluding tert-OH is 1. The van der Waals surface area contributed by atoms with Crippen LogP contribution in [0.5, 0.6) is 0 Å². The Morgan fingerprint density at radius 1 is 1.55 bits per heavy atom. The highest BCUT2D eigenvalue weighted by molar-refractivity contribution is 7.91. The van der Waals surface area contributed by atoms with Crippen molar-refractivity contribution in [2.24, 2.45) is 11.8 Å². The summed E-state index contributed by atoms with van der Waals surface area (Å²) in [7, 11) is -3.59. The lowest BCUT2D eigenvalue weighted by atomic mass is 9.83. The molecule has 2 rings (SSSR count). The molecule has 2 aliphatic heterocycles. The first kappa shape index (κ1) is 16.9. The first-order chi connectivity index (χ1) is 10.2. The van der Waals surface area contributed by atoms with Gasteiger partial charge < -0.3 is 20.0 Å². The van der Waals surface area contributed by atoms with E-state index in [1.54, 1.807) is 0 Å². The smallest absolute Gasteiger partial charge is 0.352 e. The van der Waals surface area contributed by atoms with Gasteiger partial charge in [0, 0.05) is 0 Å². The molecule has 3 atom stereocenters. The Morgan fingerprint density at radius 3 is 2.68 bits per heavy atom. The van der Waals surface area contributed by atoms with E-state index in [1.165, 1.54) is 6.92 Å². The maximum atomic E-state index is 12.0. The molecule has 2 heterocycles. The molecule has 124 valence electrons. The Morgan fingerprint density at radius 2 is 2.18 bits per heavy atom. The zero-order valence-electron chi connectivity index (χ0n) is 11.9. The third-order valence-electron chi connectivity index (χ3n) is 3.93. The highest BCUT2D eigenvalue weighted by Crippen LogP contribution is 2.43. The van der Waals surface area contributed by atoms with Crippen molar-refractivity contribution >= 4 is 21.7 Å². The summed E-state index contributed by atoms with van der Waals surface area (Å²) >= 11 is 0. The van der Waals surface area contributed by atoms with Crippen LogP contribution in [-0.2, 0) is 24.3 Å². The zero-order valence-corrected chi connectivity index (χ0v) is 12.7. The lowest BCUT2D eigenvalue weighted by Crippen LogP contribution is -2.61. The number of β-lactam (4-membered cyclic amide) rings is 1. The SMILES string of the molecule is CC(O)C1C(=O)N2C(C(=O)O)=C(CS(=O)(=O)CCON)CC12. The van der Waals surface area contributed by atoms with Crippen LogP contribution in [0.3, 0.4) is 0 Å². The lowest BCUT2D eigenvalue weighted by Gasteiger charge is -2.44. The lowest BCUT2D eigenvalue weighted by molar-refractivity contribution is -0.161. The Balaban J connectivity index is 2.24. The molecule has 2 aliphatic rings. The van der Waals surface area contributed by atoms with Crippen molar-refractivity contribution in [1.82, 2.24) is 4.90 Å². The number of nitrogens with zero attached hydrogens (tertiary/aromatic N) is 1. The minimum absolute atomic E-state index is 0.131. The first-order valence-electron chi connectivity index (χ1n) is 6.68. The molecule has 0 aliphatic carbocycles. The fourth-order valence-electron chi connectivity index (χ4n) is 3.00. The minimum atomic E-state index is -3.59. The van der Waals surface area contributed by atoms with Crippen LogP contribution < -0.4 is 5.90 Å². The maximum Gasteiger partial charge on any atom is 0.352 e. The van der Waals surface area contributed by atoms with Crippen molar-refractivity contribution in [2.75, 3.05) is 18.1 Å². The van der Waals surface area contributed by atoms with E-state index in [2.05, 4.69) is 4.84 Å². The van der Waals surface area contributed by atoms with Crippen LogP contribution in [0.25, 0.3) is 0 Å². The zero-order chi connectivity index (χ0) is 16.7. The molecule has 22 heavy (non-hydrogen) atoms. The second-order valence-electron chi connectivity index (χ2n) is 5.47. The van der Waals surface area contributed by atoms with E-state index in [0.29, 0.717) is 0 Å². The van der Waals surface area contributed by atoms with Crippen LogP contribution in [0.4, 0.5) is 0 Å². The van der Waals surface area contributed by atoms with Crippen LogP contribution in [0.2, 0.25) is 0 Å². The molecule has 10 heteroatoms. The van der Waals surface area contributed by atoms with Gasteiger partial charge >= 0.3 is 5.97 Å². The highest BCUT2D eigenvalue weighted by Gasteiger charge is 2.56. The molecule has 3 unspecified atom stereocenters. The molecule has 0 radical (unpaired) electrons. The largest absolute Gasteiger partial charge is 0.477 e. The number of rotatable bonds is 7. The van der Waals surface area contributed by atoms with Gasteiger partial charge in [-0.1, -0.05) is 0 Å². The fraction of sp³-hybridized carbons (Fsp3) is 0.667. The summed E-state index contributed by atoms with van der Waals surface area (Å²) < 4.78 is 23.9. The molecule has 9 nitrogen and oxygen atoms in total. The summed E-state index contributed by atoms with van der Waals surface area (Å²) in [5.41, 5.74) is -0.116. The molecule has 0 aromatic heterocycles. The molecule has 1 saturated heterocycles. The second kappa shape index (κ2) is 5.95. The molecule has 0 aromatic rings. The number of aliphatic hydroxyl groups is 1. The van der Waals surface area contributed by atoms with E-state index in [9.17, 15) is 28.2 Å². The molecule has 4 N–H and O–H groups in total. The number of nitrogens with two attached hydrogens (primary N) is 1. The molecular weight excluding hydrogens is 316 g/mol. The van der Waals surface area contributed by atoms with Gasteiger partial charge in [0.05, 0.1) is 36.2 Å². The molecule has 1 amide bonds. The first-order valence-corrected chi connectivity index (χ1v) is 8.50. The predicted molar refractivity (Wildman–Crippen MR) is 73.9 cm³/mol. The summed E-state index contributed by atoms with van der Waals surface area (Å²) in [6.07, 6.45) is -0.781. The number of carboxylic acids is 1. The van der Waals surface area contributed by atoms with Gasteiger partial charge in [0.25, 0.3) is 0 Å². The number of carbonyl (C=O) groups is 2. The van der Waals surface area contributed by atoms with E-state index < -0.39 is 45.5 Å². The van der Waals surface area contributed by atoms with Gasteiger partial charge in [-0.05, 0) is 18.9 Å². The average Bonchev–Trinajstić information content (AvgIpc) is 2.70. The maximum absolute atomic E-state index is 12.0. The fourth-order valence-corrected chi connectivity index (χ4v) is 4.28. The molecule has 1 fully saturated rings. The average molecular weight is 334 g/mol. The number of carbonyl (C=O) groups excluding carboxylic acids is 1. The number of sulfone groups is 1. The summed E-state index contributed by atoms with van der Waals surface area (Å²) in [6.45, 7) is 1.26. The molecular formula is C12H18N2O7S. The highest BCUT2D eigenvalue weighted by atomic mass is 32.2. The molecule has 0 bridgehead atoms. The molecule has 0 aromatic carbocycles. The molecule has 0 spiro atoms. The Labute approximate surface area is 127 Å². The number of hydrogen-bond acceptors (Lipinski definition) is 7. The third-order valence-corrected chi connectivity index (χ3v) is 5.51. The number of fused-ring (bicyclic) bond motifs is 1. The van der Waals surface area contributed by atoms with Gasteiger partial charge in [0.1, 0.15) is 5.70 Å². The second-order valence-corrected chi connectivity index (χ2v) is 7.65. The van der Waals surface area contributed by atoms with Crippen molar-refractivity contribution < 1.29 is 33.1 Å². The van der Waals surface area contributed by atoms with Crippen LogP contribution in [0.1, 0.15) is 13.3 Å². The van der Waals surface area contributed by atoms with Crippen molar-refractivity contribution in [2.45, 2.75) is 25.5 Å².